The molecule has 2 rings (SSSR count). The number of nitrogens with zero attached hydrogens (tertiary/aromatic N) is 3. The van der Waals surface area contributed by atoms with Crippen LogP contribution in [0.3, 0.4) is 0 Å². The van der Waals surface area contributed by atoms with Crippen LogP contribution in [0.4, 0.5) is 11.5 Å². The lowest BCUT2D eigenvalue weighted by Crippen LogP contribution is -2.15. The summed E-state index contributed by atoms with van der Waals surface area (Å²) in [7, 11) is 0. The number of amides is 1. The summed E-state index contributed by atoms with van der Waals surface area (Å²) >= 11 is 3.33. The number of hydrogen-bond acceptors (Lipinski definition) is 4. The van der Waals surface area contributed by atoms with E-state index in [-0.39, 0.29) is 5.91 Å². The summed E-state index contributed by atoms with van der Waals surface area (Å²) in [4.78, 5) is 16.5. The molecule has 0 aromatic carbocycles. The minimum atomic E-state index is -0.217. The molecule has 0 aliphatic heterocycles. The van der Waals surface area contributed by atoms with E-state index in [2.05, 4.69) is 36.6 Å². The number of nitrogens with one attached hydrogen (secondary N) is 2. The molecule has 2 heterocycles. The van der Waals surface area contributed by atoms with Gasteiger partial charge in [0.05, 0.1) is 17.4 Å². The van der Waals surface area contributed by atoms with Crippen molar-refractivity contribution < 1.29 is 4.79 Å². The van der Waals surface area contributed by atoms with Crippen LogP contribution in [-0.2, 0) is 6.54 Å². The van der Waals surface area contributed by atoms with Crippen LogP contribution in [0.5, 0.6) is 0 Å². The zero-order valence-corrected chi connectivity index (χ0v) is 12.9. The molecular weight excluding hydrogens is 322 g/mol. The highest BCUT2D eigenvalue weighted by atomic mass is 79.9. The summed E-state index contributed by atoms with van der Waals surface area (Å²) in [5.74, 6) is 0.349. The molecule has 6 nitrogen and oxygen atoms in total. The summed E-state index contributed by atoms with van der Waals surface area (Å²) in [6.45, 7) is 5.40. The van der Waals surface area contributed by atoms with E-state index in [1.165, 1.54) is 0 Å². The number of aromatic nitrogens is 3. The fraction of sp³-hybridized carbons (Fsp3) is 0.308. The van der Waals surface area contributed by atoms with Crippen molar-refractivity contribution in [3.05, 3.63) is 34.7 Å². The van der Waals surface area contributed by atoms with Crippen LogP contribution in [0, 0.1) is 0 Å². The van der Waals surface area contributed by atoms with Gasteiger partial charge in [-0.05, 0) is 35.8 Å². The monoisotopic (exact) mass is 337 g/mol. The van der Waals surface area contributed by atoms with Gasteiger partial charge in [0.2, 0.25) is 0 Å². The molecule has 2 aromatic heterocycles. The van der Waals surface area contributed by atoms with E-state index in [1.807, 2.05) is 13.8 Å². The largest absolute Gasteiger partial charge is 0.370 e. The maximum absolute atomic E-state index is 12.3. The first-order valence-corrected chi connectivity index (χ1v) is 7.16. The van der Waals surface area contributed by atoms with E-state index in [0.29, 0.717) is 23.6 Å². The first kappa shape index (κ1) is 14.5. The van der Waals surface area contributed by atoms with Crippen LogP contribution in [0.25, 0.3) is 0 Å². The van der Waals surface area contributed by atoms with Crippen molar-refractivity contribution in [3.8, 4) is 0 Å². The molecule has 0 fully saturated rings. The number of carbonyl (C=O) groups is 1. The summed E-state index contributed by atoms with van der Waals surface area (Å²) in [5, 5.41) is 10.0. The smallest absolute Gasteiger partial charge is 0.259 e. The van der Waals surface area contributed by atoms with Gasteiger partial charge in [0.15, 0.2) is 0 Å². The first-order chi connectivity index (χ1) is 9.63. The molecule has 1 amide bonds. The Morgan fingerprint density at radius 2 is 2.20 bits per heavy atom. The summed E-state index contributed by atoms with van der Waals surface area (Å²) in [6, 6.07) is 1.74. The third-order valence-corrected chi connectivity index (χ3v) is 3.09. The van der Waals surface area contributed by atoms with Gasteiger partial charge >= 0.3 is 0 Å². The number of hydrogen-bond donors (Lipinski definition) is 2. The van der Waals surface area contributed by atoms with Crippen LogP contribution >= 0.6 is 15.9 Å². The van der Waals surface area contributed by atoms with Gasteiger partial charge in [-0.25, -0.2) is 4.98 Å². The van der Waals surface area contributed by atoms with Crippen LogP contribution in [0.2, 0.25) is 0 Å². The Morgan fingerprint density at radius 1 is 1.40 bits per heavy atom. The molecule has 20 heavy (non-hydrogen) atoms. The van der Waals surface area contributed by atoms with Gasteiger partial charge < -0.3 is 10.6 Å². The quantitative estimate of drug-likeness (QED) is 0.879. The lowest BCUT2D eigenvalue weighted by molar-refractivity contribution is 0.102. The molecule has 7 heteroatoms. The third-order valence-electron chi connectivity index (χ3n) is 2.66. The third kappa shape index (κ3) is 3.36. The molecule has 0 aliphatic rings. The van der Waals surface area contributed by atoms with Crippen molar-refractivity contribution in [1.82, 2.24) is 14.8 Å². The second-order valence-corrected chi connectivity index (χ2v) is 5.03. The number of aryl methyl sites for hydroxylation is 1. The highest BCUT2D eigenvalue weighted by Crippen LogP contribution is 2.19. The molecule has 2 aromatic rings. The lowest BCUT2D eigenvalue weighted by atomic mass is 10.2. The summed E-state index contributed by atoms with van der Waals surface area (Å²) in [6.07, 6.45) is 5.07. The van der Waals surface area contributed by atoms with Crippen LogP contribution < -0.4 is 10.6 Å². The zero-order chi connectivity index (χ0) is 14.5. The fourth-order valence-corrected chi connectivity index (χ4v) is 2.05. The Balaban J connectivity index is 2.21. The zero-order valence-electron chi connectivity index (χ0n) is 11.4. The molecule has 2 N–H and O–H groups in total. The fourth-order valence-electron chi connectivity index (χ4n) is 1.72. The Kier molecular flexibility index (Phi) is 4.73. The summed E-state index contributed by atoms with van der Waals surface area (Å²) in [5.41, 5.74) is 1.16. The molecule has 0 saturated carbocycles. The number of rotatable bonds is 5. The highest BCUT2D eigenvalue weighted by Gasteiger charge is 2.14. The van der Waals surface area contributed by atoms with E-state index in [4.69, 9.17) is 0 Å². The molecule has 0 aliphatic carbocycles. The average Bonchev–Trinajstić information content (AvgIpc) is 2.88. The Labute approximate surface area is 125 Å². The Hall–Kier alpha value is -1.89. The van der Waals surface area contributed by atoms with Crippen molar-refractivity contribution >= 4 is 33.3 Å². The molecule has 0 saturated heterocycles. The number of halogens is 1. The first-order valence-electron chi connectivity index (χ1n) is 6.37. The van der Waals surface area contributed by atoms with Crippen molar-refractivity contribution in [2.45, 2.75) is 20.4 Å². The normalized spacial score (nSPS) is 10.3. The van der Waals surface area contributed by atoms with Crippen molar-refractivity contribution in [2.24, 2.45) is 0 Å². The van der Waals surface area contributed by atoms with Crippen molar-refractivity contribution in [1.29, 1.82) is 0 Å². The van der Waals surface area contributed by atoms with Gasteiger partial charge in [-0.2, -0.15) is 5.10 Å². The number of pyridine rings is 1. The summed E-state index contributed by atoms with van der Waals surface area (Å²) < 4.78 is 2.51. The molecule has 0 bridgehead atoms. The van der Waals surface area contributed by atoms with Gasteiger partial charge in [-0.1, -0.05) is 0 Å². The minimum Gasteiger partial charge on any atom is -0.370 e. The van der Waals surface area contributed by atoms with E-state index >= 15 is 0 Å². The number of carbonyl (C=O) groups excluding carboxylic acids is 1. The SMILES string of the molecule is CCNc1ncc(Br)cc1C(=O)Nc1cnn(CC)c1. The second-order valence-electron chi connectivity index (χ2n) is 4.12. The standard InChI is InChI=1S/C13H16BrN5O/c1-3-15-12-11(5-9(14)6-16-12)13(20)18-10-7-17-19(4-2)8-10/h5-8H,3-4H2,1-2H3,(H,15,16)(H,18,20). The minimum absolute atomic E-state index is 0.217. The van der Waals surface area contributed by atoms with Gasteiger partial charge in [-0.15, -0.1) is 0 Å². The van der Waals surface area contributed by atoms with E-state index in [0.717, 1.165) is 11.0 Å². The van der Waals surface area contributed by atoms with E-state index in [1.54, 1.807) is 29.3 Å². The Morgan fingerprint density at radius 3 is 2.85 bits per heavy atom. The van der Waals surface area contributed by atoms with E-state index in [9.17, 15) is 4.79 Å². The van der Waals surface area contributed by atoms with Gasteiger partial charge in [0.1, 0.15) is 5.82 Å². The molecule has 106 valence electrons. The second kappa shape index (κ2) is 6.51. The molecule has 0 atom stereocenters. The van der Waals surface area contributed by atoms with Gasteiger partial charge in [-0.3, -0.25) is 9.48 Å². The Bertz CT molecular complexity index is 611. The van der Waals surface area contributed by atoms with Crippen LogP contribution in [0.1, 0.15) is 24.2 Å². The molecular formula is C13H16BrN5O. The van der Waals surface area contributed by atoms with Gasteiger partial charge in [0, 0.05) is 30.0 Å². The maximum atomic E-state index is 12.3. The van der Waals surface area contributed by atoms with Crippen molar-refractivity contribution in [2.75, 3.05) is 17.2 Å². The van der Waals surface area contributed by atoms with Gasteiger partial charge in [0.25, 0.3) is 5.91 Å². The molecule has 0 radical (unpaired) electrons. The molecule has 0 spiro atoms. The maximum Gasteiger partial charge on any atom is 0.259 e. The predicted octanol–water partition coefficient (Wildman–Crippen LogP) is 2.74. The van der Waals surface area contributed by atoms with Crippen LogP contribution in [0.15, 0.2) is 29.1 Å². The topological polar surface area (TPSA) is 71.8 Å². The predicted molar refractivity (Wildman–Crippen MR) is 82.0 cm³/mol. The molecule has 0 unspecified atom stereocenters. The number of anilines is 2. The highest BCUT2D eigenvalue weighted by molar-refractivity contribution is 9.10. The van der Waals surface area contributed by atoms with Crippen molar-refractivity contribution in [3.63, 3.8) is 0 Å². The van der Waals surface area contributed by atoms with Crippen LogP contribution in [-0.4, -0.2) is 27.2 Å². The lowest BCUT2D eigenvalue weighted by Gasteiger charge is -2.09. The van der Waals surface area contributed by atoms with E-state index < -0.39 is 0 Å². The average molecular weight is 338 g/mol.